The van der Waals surface area contributed by atoms with E-state index < -0.39 is 22.0 Å². The van der Waals surface area contributed by atoms with Gasteiger partial charge in [-0.05, 0) is 0 Å². The average Bonchev–Trinajstić information content (AvgIpc) is 2.80. The van der Waals surface area contributed by atoms with Crippen molar-refractivity contribution in [2.45, 2.75) is 0 Å². The van der Waals surface area contributed by atoms with Gasteiger partial charge in [0.25, 0.3) is 11.1 Å². The Morgan fingerprint density at radius 2 is 1.08 bits per heavy atom. The van der Waals surface area contributed by atoms with Gasteiger partial charge in [0, 0.05) is 22.5 Å². The molecule has 0 saturated carbocycles. The zero-order valence-electron chi connectivity index (χ0n) is 11.9. The molecule has 0 aliphatic rings. The Labute approximate surface area is 137 Å². The molecule has 0 aliphatic heterocycles. The molecule has 0 saturated heterocycles. The van der Waals surface area contributed by atoms with Crippen LogP contribution in [0.15, 0.2) is 43.4 Å². The van der Waals surface area contributed by atoms with E-state index in [0.717, 1.165) is 0 Å². The molecule has 0 fully saturated rings. The lowest BCUT2D eigenvalue weighted by Gasteiger charge is -2.07. The maximum atomic E-state index is 12.8. The number of hydrogen-bond donors (Lipinski definition) is 2. The number of halogens is 1. The molecule has 118 valence electrons. The highest BCUT2D eigenvalue weighted by Gasteiger charge is 2.24. The third kappa shape index (κ3) is 1.47. The van der Waals surface area contributed by atoms with Crippen molar-refractivity contribution in [3.63, 3.8) is 0 Å². The monoisotopic (exact) mass is 341 g/mol. The molecule has 4 N–H and O–H groups in total. The third-order valence-corrected chi connectivity index (χ3v) is 4.54. The number of fused-ring (bicyclic) bond motifs is 3. The van der Waals surface area contributed by atoms with Crippen molar-refractivity contribution in [1.82, 2.24) is 4.09 Å². The smallest absolute Gasteiger partial charge is 0.278 e. The summed E-state index contributed by atoms with van der Waals surface area (Å²) in [7, 11) is 0. The van der Waals surface area contributed by atoms with Crippen LogP contribution in [0.1, 0.15) is 0 Å². The molecule has 8 heteroatoms. The molecule has 0 atom stereocenters. The molecule has 0 aliphatic carbocycles. The quantitative estimate of drug-likeness (QED) is 0.271. The number of benzene rings is 3. The van der Waals surface area contributed by atoms with Crippen LogP contribution in [0.5, 0.6) is 0 Å². The SMILES string of the molecule is Nc1c2c(=O)c3ccccc3c(=O)c2c(N)c2c(=O)n(Cl)c(=O)c12. The van der Waals surface area contributed by atoms with Gasteiger partial charge in [0.1, 0.15) is 0 Å². The first-order valence-corrected chi connectivity index (χ1v) is 7.18. The maximum Gasteiger partial charge on any atom is 0.278 e. The first kappa shape index (κ1) is 14.4. The van der Waals surface area contributed by atoms with Crippen LogP contribution in [-0.4, -0.2) is 4.09 Å². The van der Waals surface area contributed by atoms with Gasteiger partial charge in [0.15, 0.2) is 10.9 Å². The lowest BCUT2D eigenvalue weighted by atomic mass is 9.97. The lowest BCUT2D eigenvalue weighted by molar-refractivity contribution is 1.14. The first-order chi connectivity index (χ1) is 11.4. The van der Waals surface area contributed by atoms with Gasteiger partial charge in [0.2, 0.25) is 0 Å². The van der Waals surface area contributed by atoms with Gasteiger partial charge in [-0.1, -0.05) is 24.3 Å². The van der Waals surface area contributed by atoms with Crippen molar-refractivity contribution in [2.75, 3.05) is 11.5 Å². The van der Waals surface area contributed by atoms with Gasteiger partial charge in [-0.2, -0.15) is 4.09 Å². The van der Waals surface area contributed by atoms with Crippen molar-refractivity contribution < 1.29 is 0 Å². The Hall–Kier alpha value is -3.19. The van der Waals surface area contributed by atoms with Crippen LogP contribution < -0.4 is 33.4 Å². The number of nitrogen functional groups attached to an aromatic ring is 2. The third-order valence-electron chi connectivity index (χ3n) is 4.23. The van der Waals surface area contributed by atoms with E-state index in [0.29, 0.717) is 4.09 Å². The average molecular weight is 342 g/mol. The summed E-state index contributed by atoms with van der Waals surface area (Å²) in [4.78, 5) is 49.8. The topological polar surface area (TPSA) is 125 Å². The number of nitrogens with zero attached hydrogens (tertiary/aromatic N) is 1. The highest BCUT2D eigenvalue weighted by molar-refractivity contribution is 6.23. The van der Waals surface area contributed by atoms with Crippen LogP contribution in [0.3, 0.4) is 0 Å². The van der Waals surface area contributed by atoms with Crippen molar-refractivity contribution >= 4 is 55.5 Å². The van der Waals surface area contributed by atoms with Crippen molar-refractivity contribution in [3.05, 3.63) is 65.4 Å². The molecule has 0 spiro atoms. The van der Waals surface area contributed by atoms with Gasteiger partial charge < -0.3 is 11.5 Å². The minimum atomic E-state index is -0.872. The van der Waals surface area contributed by atoms with Crippen LogP contribution in [-0.2, 0) is 0 Å². The standard InChI is InChI=1S/C16H8ClN3O4/c17-20-15(23)9-10(16(20)24)12(19)8-7(11(9)18)13(21)5-3-1-2-4-6(5)14(8)22/h1-4H,18-19H2. The number of anilines is 2. The Morgan fingerprint density at radius 3 is 1.46 bits per heavy atom. The lowest BCUT2D eigenvalue weighted by Crippen LogP contribution is -2.17. The van der Waals surface area contributed by atoms with Crippen molar-refractivity contribution in [2.24, 2.45) is 0 Å². The molecule has 0 amide bonds. The minimum absolute atomic E-state index is 0.164. The van der Waals surface area contributed by atoms with E-state index >= 15 is 0 Å². The molecule has 24 heavy (non-hydrogen) atoms. The van der Waals surface area contributed by atoms with Crippen molar-refractivity contribution in [3.8, 4) is 0 Å². The number of rotatable bonds is 0. The van der Waals surface area contributed by atoms with E-state index in [4.69, 9.17) is 23.2 Å². The van der Waals surface area contributed by atoms with E-state index in [1.54, 1.807) is 12.1 Å². The van der Waals surface area contributed by atoms with Gasteiger partial charge in [-0.25, -0.2) is 0 Å². The Kier molecular flexibility index (Phi) is 2.65. The van der Waals surface area contributed by atoms with Crippen molar-refractivity contribution in [1.29, 1.82) is 0 Å². The number of aromatic nitrogens is 1. The summed E-state index contributed by atoms with van der Waals surface area (Å²) < 4.78 is 0.338. The highest BCUT2D eigenvalue weighted by atomic mass is 35.5. The predicted molar refractivity (Wildman–Crippen MR) is 94.5 cm³/mol. The van der Waals surface area contributed by atoms with Crippen LogP contribution in [0, 0.1) is 0 Å². The molecular formula is C16H8ClN3O4. The summed E-state index contributed by atoms with van der Waals surface area (Å²) >= 11 is 5.64. The van der Waals surface area contributed by atoms with E-state index in [9.17, 15) is 19.2 Å². The van der Waals surface area contributed by atoms with Gasteiger partial charge >= 0.3 is 0 Å². The summed E-state index contributed by atoms with van der Waals surface area (Å²) in [5.74, 6) is 0. The zero-order valence-corrected chi connectivity index (χ0v) is 12.7. The first-order valence-electron chi connectivity index (χ1n) is 6.84. The number of nitrogens with two attached hydrogens (primary N) is 2. The van der Waals surface area contributed by atoms with E-state index in [1.165, 1.54) is 12.1 Å². The summed E-state index contributed by atoms with van der Waals surface area (Å²) in [5, 5.41) is -0.481. The summed E-state index contributed by atoms with van der Waals surface area (Å²) in [6.45, 7) is 0. The van der Waals surface area contributed by atoms with Crippen LogP contribution in [0.4, 0.5) is 11.4 Å². The fourth-order valence-corrected chi connectivity index (χ4v) is 3.31. The van der Waals surface area contributed by atoms with Gasteiger partial charge in [-0.15, -0.1) is 0 Å². The fraction of sp³-hybridized carbons (Fsp3) is 0. The summed E-state index contributed by atoms with van der Waals surface area (Å²) in [6.07, 6.45) is 0. The van der Waals surface area contributed by atoms with Crippen LogP contribution in [0.25, 0.3) is 32.3 Å². The fourth-order valence-electron chi connectivity index (χ4n) is 3.14. The van der Waals surface area contributed by atoms with E-state index in [1.807, 2.05) is 0 Å². The second-order valence-corrected chi connectivity index (χ2v) is 5.76. The Morgan fingerprint density at radius 1 is 0.708 bits per heavy atom. The minimum Gasteiger partial charge on any atom is -0.397 e. The second kappa shape index (κ2) is 4.42. The molecule has 1 heterocycles. The molecule has 7 nitrogen and oxygen atoms in total. The molecule has 4 aromatic rings. The van der Waals surface area contributed by atoms with Crippen LogP contribution in [0.2, 0.25) is 0 Å². The Bertz CT molecular complexity index is 1310. The van der Waals surface area contributed by atoms with Crippen LogP contribution >= 0.6 is 11.8 Å². The molecular weight excluding hydrogens is 334 g/mol. The molecule has 0 bridgehead atoms. The second-order valence-electron chi connectivity index (χ2n) is 5.42. The largest absolute Gasteiger partial charge is 0.397 e. The molecule has 4 rings (SSSR count). The van der Waals surface area contributed by atoms with E-state index in [2.05, 4.69) is 0 Å². The zero-order chi connectivity index (χ0) is 17.3. The maximum absolute atomic E-state index is 12.8. The van der Waals surface area contributed by atoms with E-state index in [-0.39, 0.29) is 43.7 Å². The Balaban J connectivity index is 2.56. The molecule has 0 radical (unpaired) electrons. The summed E-state index contributed by atoms with van der Waals surface area (Å²) in [6, 6.07) is 6.19. The van der Waals surface area contributed by atoms with Gasteiger partial charge in [0.05, 0.1) is 32.9 Å². The molecule has 1 aromatic heterocycles. The summed E-state index contributed by atoms with van der Waals surface area (Å²) in [5.41, 5.74) is 8.60. The number of hydrogen-bond acceptors (Lipinski definition) is 6. The normalized spacial score (nSPS) is 11.7. The molecule has 0 unspecified atom stereocenters. The predicted octanol–water partition coefficient (Wildman–Crippen LogP) is 0.430. The molecule has 3 aromatic carbocycles. The van der Waals surface area contributed by atoms with Gasteiger partial charge in [-0.3, -0.25) is 19.2 Å². The highest BCUT2D eigenvalue weighted by Crippen LogP contribution is 2.31.